The third-order valence-corrected chi connectivity index (χ3v) is 5.67. The second kappa shape index (κ2) is 8.37. The first kappa shape index (κ1) is 19.5. The maximum atomic E-state index is 12.7. The summed E-state index contributed by atoms with van der Waals surface area (Å²) in [6, 6.07) is 13.6. The van der Waals surface area contributed by atoms with Crippen molar-refractivity contribution in [3.63, 3.8) is 0 Å². The molecule has 3 aromatic heterocycles. The molecule has 156 valence electrons. The van der Waals surface area contributed by atoms with Gasteiger partial charge in [-0.25, -0.2) is 9.97 Å². The highest BCUT2D eigenvalue weighted by Gasteiger charge is 2.15. The molecule has 0 aliphatic carbocycles. The number of benzene rings is 1. The van der Waals surface area contributed by atoms with E-state index in [1.165, 1.54) is 0 Å². The SMILES string of the molecule is O=c1[nH]ccc2c(-c3cccnc3Cl)cnc(Nc3ccc(N4CCOCC4)cc3)c12. The molecule has 1 fully saturated rings. The molecule has 4 heterocycles. The lowest BCUT2D eigenvalue weighted by Gasteiger charge is -2.28. The van der Waals surface area contributed by atoms with Gasteiger partial charge in [-0.15, -0.1) is 0 Å². The number of aromatic nitrogens is 3. The van der Waals surface area contributed by atoms with Gasteiger partial charge >= 0.3 is 0 Å². The van der Waals surface area contributed by atoms with Gasteiger partial charge in [0, 0.05) is 59.6 Å². The van der Waals surface area contributed by atoms with E-state index < -0.39 is 0 Å². The fraction of sp³-hybridized carbons (Fsp3) is 0.174. The molecule has 1 aromatic carbocycles. The lowest BCUT2D eigenvalue weighted by molar-refractivity contribution is 0.122. The van der Waals surface area contributed by atoms with Gasteiger partial charge in [-0.05, 0) is 42.5 Å². The van der Waals surface area contributed by atoms with Crippen LogP contribution in [0.2, 0.25) is 5.15 Å². The molecule has 0 amide bonds. The smallest absolute Gasteiger partial charge is 0.259 e. The second-order valence-electron chi connectivity index (χ2n) is 7.23. The van der Waals surface area contributed by atoms with E-state index in [-0.39, 0.29) is 5.56 Å². The normalized spacial score (nSPS) is 14.0. The third-order valence-electron chi connectivity index (χ3n) is 5.37. The number of anilines is 3. The summed E-state index contributed by atoms with van der Waals surface area (Å²) in [6.07, 6.45) is 4.97. The first-order chi connectivity index (χ1) is 15.2. The molecule has 2 N–H and O–H groups in total. The number of fused-ring (bicyclic) bond motifs is 1. The van der Waals surface area contributed by atoms with Crippen LogP contribution >= 0.6 is 11.6 Å². The van der Waals surface area contributed by atoms with Crippen molar-refractivity contribution in [3.8, 4) is 11.1 Å². The summed E-state index contributed by atoms with van der Waals surface area (Å²) in [5.41, 5.74) is 3.26. The van der Waals surface area contributed by atoms with E-state index in [9.17, 15) is 4.79 Å². The minimum Gasteiger partial charge on any atom is -0.378 e. The van der Waals surface area contributed by atoms with Gasteiger partial charge in [0.2, 0.25) is 0 Å². The highest BCUT2D eigenvalue weighted by Crippen LogP contribution is 2.33. The Labute approximate surface area is 183 Å². The quantitative estimate of drug-likeness (QED) is 0.469. The zero-order valence-corrected chi connectivity index (χ0v) is 17.4. The van der Waals surface area contributed by atoms with Gasteiger partial charge < -0.3 is 19.9 Å². The first-order valence-electron chi connectivity index (χ1n) is 10.0. The number of morpholine rings is 1. The van der Waals surface area contributed by atoms with Crippen LogP contribution in [0.25, 0.3) is 21.9 Å². The molecule has 5 rings (SSSR count). The van der Waals surface area contributed by atoms with Crippen LogP contribution in [-0.4, -0.2) is 41.3 Å². The minimum absolute atomic E-state index is 0.223. The van der Waals surface area contributed by atoms with Crippen molar-refractivity contribution < 1.29 is 4.74 Å². The summed E-state index contributed by atoms with van der Waals surface area (Å²) in [4.78, 5) is 26.4. The Morgan fingerprint density at radius 1 is 1.03 bits per heavy atom. The summed E-state index contributed by atoms with van der Waals surface area (Å²) in [5, 5.41) is 4.87. The number of halogens is 1. The number of hydrogen-bond donors (Lipinski definition) is 2. The lowest BCUT2D eigenvalue weighted by Crippen LogP contribution is -2.36. The Balaban J connectivity index is 1.52. The van der Waals surface area contributed by atoms with Crippen LogP contribution in [0.1, 0.15) is 0 Å². The molecule has 0 bridgehead atoms. The number of H-pyrrole nitrogens is 1. The van der Waals surface area contributed by atoms with E-state index in [4.69, 9.17) is 16.3 Å². The Bertz CT molecular complexity index is 1280. The van der Waals surface area contributed by atoms with Crippen molar-refractivity contribution in [2.24, 2.45) is 0 Å². The molecular weight excluding hydrogens is 414 g/mol. The molecule has 0 saturated carbocycles. The zero-order chi connectivity index (χ0) is 21.2. The predicted molar refractivity (Wildman–Crippen MR) is 123 cm³/mol. The maximum Gasteiger partial charge on any atom is 0.259 e. The van der Waals surface area contributed by atoms with Crippen LogP contribution in [0.3, 0.4) is 0 Å². The fourth-order valence-electron chi connectivity index (χ4n) is 3.81. The molecule has 1 saturated heterocycles. The van der Waals surface area contributed by atoms with Crippen LogP contribution in [0.5, 0.6) is 0 Å². The summed E-state index contributed by atoms with van der Waals surface area (Å²) in [7, 11) is 0. The fourth-order valence-corrected chi connectivity index (χ4v) is 4.03. The number of ether oxygens (including phenoxy) is 1. The van der Waals surface area contributed by atoms with Gasteiger partial charge in [-0.3, -0.25) is 4.79 Å². The van der Waals surface area contributed by atoms with Crippen LogP contribution in [-0.2, 0) is 4.74 Å². The van der Waals surface area contributed by atoms with Gasteiger partial charge in [-0.2, -0.15) is 0 Å². The first-order valence-corrected chi connectivity index (χ1v) is 10.4. The standard InChI is InChI=1S/C23H20ClN5O2/c24-21-18(2-1-8-25-21)19-14-27-22(20-17(19)7-9-26-23(20)30)28-15-3-5-16(6-4-15)29-10-12-31-13-11-29/h1-9,14H,10-13H2,(H,26,30)(H,27,28). The van der Waals surface area contributed by atoms with E-state index >= 15 is 0 Å². The molecule has 7 nitrogen and oxygen atoms in total. The van der Waals surface area contributed by atoms with Crippen LogP contribution in [0, 0.1) is 0 Å². The van der Waals surface area contributed by atoms with Gasteiger partial charge in [0.05, 0.1) is 18.6 Å². The number of nitrogens with zero attached hydrogens (tertiary/aromatic N) is 3. The van der Waals surface area contributed by atoms with E-state index in [0.717, 1.165) is 54.2 Å². The van der Waals surface area contributed by atoms with E-state index in [2.05, 4.69) is 37.3 Å². The highest BCUT2D eigenvalue weighted by atomic mass is 35.5. The lowest BCUT2D eigenvalue weighted by atomic mass is 10.0. The number of rotatable bonds is 4. The van der Waals surface area contributed by atoms with E-state index in [1.807, 2.05) is 30.3 Å². The topological polar surface area (TPSA) is 83.1 Å². The molecule has 1 aliphatic heterocycles. The summed E-state index contributed by atoms with van der Waals surface area (Å²) < 4.78 is 5.42. The molecule has 0 atom stereocenters. The Kier molecular flexibility index (Phi) is 5.28. The van der Waals surface area contributed by atoms with Crippen molar-refractivity contribution in [2.75, 3.05) is 36.5 Å². The number of aromatic amines is 1. The number of nitrogens with one attached hydrogen (secondary N) is 2. The molecule has 4 aromatic rings. The second-order valence-corrected chi connectivity index (χ2v) is 7.59. The van der Waals surface area contributed by atoms with E-state index in [0.29, 0.717) is 16.4 Å². The van der Waals surface area contributed by atoms with Crippen molar-refractivity contribution in [3.05, 3.63) is 76.6 Å². The van der Waals surface area contributed by atoms with Gasteiger partial charge in [0.1, 0.15) is 11.0 Å². The maximum absolute atomic E-state index is 12.7. The van der Waals surface area contributed by atoms with Crippen molar-refractivity contribution in [1.82, 2.24) is 15.0 Å². The van der Waals surface area contributed by atoms with E-state index in [1.54, 1.807) is 18.6 Å². The minimum atomic E-state index is -0.223. The van der Waals surface area contributed by atoms with Crippen molar-refractivity contribution in [2.45, 2.75) is 0 Å². The van der Waals surface area contributed by atoms with Crippen LogP contribution in [0.15, 0.2) is 65.8 Å². The molecule has 8 heteroatoms. The van der Waals surface area contributed by atoms with Crippen LogP contribution < -0.4 is 15.8 Å². The predicted octanol–water partition coefficient (Wildman–Crippen LogP) is 4.22. The van der Waals surface area contributed by atoms with Crippen molar-refractivity contribution in [1.29, 1.82) is 0 Å². The van der Waals surface area contributed by atoms with Gasteiger partial charge in [0.25, 0.3) is 5.56 Å². The highest BCUT2D eigenvalue weighted by molar-refractivity contribution is 6.32. The Morgan fingerprint density at radius 2 is 1.84 bits per heavy atom. The third kappa shape index (κ3) is 3.85. The summed E-state index contributed by atoms with van der Waals surface area (Å²) >= 11 is 6.30. The molecule has 0 spiro atoms. The molecule has 0 radical (unpaired) electrons. The Hall–Kier alpha value is -3.42. The largest absolute Gasteiger partial charge is 0.378 e. The molecule has 1 aliphatic rings. The summed E-state index contributed by atoms with van der Waals surface area (Å²) in [6.45, 7) is 3.25. The van der Waals surface area contributed by atoms with Gasteiger partial charge in [-0.1, -0.05) is 11.6 Å². The Morgan fingerprint density at radius 3 is 2.61 bits per heavy atom. The zero-order valence-electron chi connectivity index (χ0n) is 16.6. The summed E-state index contributed by atoms with van der Waals surface area (Å²) in [5.74, 6) is 0.486. The molecule has 31 heavy (non-hydrogen) atoms. The number of hydrogen-bond acceptors (Lipinski definition) is 6. The van der Waals surface area contributed by atoms with Crippen LogP contribution in [0.4, 0.5) is 17.2 Å². The van der Waals surface area contributed by atoms with Crippen molar-refractivity contribution >= 4 is 39.6 Å². The molecular formula is C23H20ClN5O2. The monoisotopic (exact) mass is 433 g/mol. The number of pyridine rings is 3. The molecule has 0 unspecified atom stereocenters. The van der Waals surface area contributed by atoms with Gasteiger partial charge in [0.15, 0.2) is 0 Å². The average molecular weight is 434 g/mol. The average Bonchev–Trinajstić information content (AvgIpc) is 2.81.